The summed E-state index contributed by atoms with van der Waals surface area (Å²) in [5.41, 5.74) is 2.56. The van der Waals surface area contributed by atoms with E-state index in [0.29, 0.717) is 0 Å². The van der Waals surface area contributed by atoms with E-state index in [-0.39, 0.29) is 0 Å². The van der Waals surface area contributed by atoms with Gasteiger partial charge < -0.3 is 4.42 Å². The van der Waals surface area contributed by atoms with E-state index < -0.39 is 0 Å². The molecule has 1 heterocycles. The molecule has 1 aliphatic carbocycles. The Balaban J connectivity index is 2.38. The minimum Gasteiger partial charge on any atom is -0.464 e. The highest BCUT2D eigenvalue weighted by Crippen LogP contribution is 2.28. The first-order valence-corrected chi connectivity index (χ1v) is 3.79. The van der Waals surface area contributed by atoms with Crippen LogP contribution in [0.1, 0.15) is 19.1 Å². The molecule has 1 aromatic heterocycles. The summed E-state index contributed by atoms with van der Waals surface area (Å²) in [7, 11) is 0. The quantitative estimate of drug-likeness (QED) is 0.593. The average molecular weight is 146 g/mol. The maximum atomic E-state index is 5.28. The number of allylic oxidation sites excluding steroid dienone is 4. The topological polar surface area (TPSA) is 13.1 Å². The van der Waals surface area contributed by atoms with Crippen molar-refractivity contribution in [2.45, 2.75) is 13.3 Å². The van der Waals surface area contributed by atoms with Crippen LogP contribution in [0.15, 0.2) is 40.5 Å². The third-order valence-corrected chi connectivity index (χ3v) is 1.96. The average Bonchev–Trinajstić information content (AvgIpc) is 2.55. The Labute approximate surface area is 66.0 Å². The van der Waals surface area contributed by atoms with Crippen molar-refractivity contribution in [3.63, 3.8) is 0 Å². The fourth-order valence-corrected chi connectivity index (χ4v) is 1.35. The number of furan rings is 1. The summed E-state index contributed by atoms with van der Waals surface area (Å²) in [6, 6.07) is 3.91. The molecule has 0 radical (unpaired) electrons. The van der Waals surface area contributed by atoms with Crippen LogP contribution in [0.2, 0.25) is 0 Å². The molecule has 1 aliphatic rings. The lowest BCUT2D eigenvalue weighted by molar-refractivity contribution is 0.553. The van der Waals surface area contributed by atoms with Crippen molar-refractivity contribution in [1.29, 1.82) is 0 Å². The van der Waals surface area contributed by atoms with Gasteiger partial charge in [-0.05, 0) is 31.1 Å². The summed E-state index contributed by atoms with van der Waals surface area (Å²) in [5.74, 6) is 0.983. The highest BCUT2D eigenvalue weighted by Gasteiger charge is 2.09. The smallest absolute Gasteiger partial charge is 0.133 e. The zero-order valence-corrected chi connectivity index (χ0v) is 6.50. The molecule has 0 saturated carbocycles. The minimum atomic E-state index is 0.983. The SMILES string of the molecule is CC1=CCC=C1c1ccco1. The molecule has 0 unspecified atom stereocenters. The van der Waals surface area contributed by atoms with Gasteiger partial charge in [0.05, 0.1) is 6.26 Å². The van der Waals surface area contributed by atoms with Crippen LogP contribution in [-0.2, 0) is 0 Å². The van der Waals surface area contributed by atoms with E-state index in [1.165, 1.54) is 11.1 Å². The van der Waals surface area contributed by atoms with E-state index in [0.717, 1.165) is 12.2 Å². The third kappa shape index (κ3) is 1.03. The number of hydrogen-bond acceptors (Lipinski definition) is 1. The van der Waals surface area contributed by atoms with Gasteiger partial charge in [-0.25, -0.2) is 0 Å². The van der Waals surface area contributed by atoms with Gasteiger partial charge in [0.1, 0.15) is 5.76 Å². The summed E-state index contributed by atoms with van der Waals surface area (Å²) < 4.78 is 5.28. The summed E-state index contributed by atoms with van der Waals surface area (Å²) in [6.07, 6.45) is 7.15. The molecule has 0 spiro atoms. The van der Waals surface area contributed by atoms with E-state index in [1.54, 1.807) is 6.26 Å². The lowest BCUT2D eigenvalue weighted by Crippen LogP contribution is -1.77. The van der Waals surface area contributed by atoms with Gasteiger partial charge in [0.2, 0.25) is 0 Å². The van der Waals surface area contributed by atoms with Crippen LogP contribution in [0.25, 0.3) is 5.57 Å². The molecule has 11 heavy (non-hydrogen) atoms. The molecule has 0 saturated heterocycles. The van der Waals surface area contributed by atoms with E-state index >= 15 is 0 Å². The monoisotopic (exact) mass is 146 g/mol. The van der Waals surface area contributed by atoms with Gasteiger partial charge in [0.25, 0.3) is 0 Å². The van der Waals surface area contributed by atoms with Crippen LogP contribution in [0, 0.1) is 0 Å². The molecule has 0 amide bonds. The Bertz CT molecular complexity index is 302. The van der Waals surface area contributed by atoms with Crippen LogP contribution in [-0.4, -0.2) is 0 Å². The predicted octanol–water partition coefficient (Wildman–Crippen LogP) is 3.01. The second-order valence-corrected chi connectivity index (χ2v) is 2.72. The molecule has 0 atom stereocenters. The van der Waals surface area contributed by atoms with Gasteiger partial charge in [-0.2, -0.15) is 0 Å². The highest BCUT2D eigenvalue weighted by molar-refractivity contribution is 5.77. The van der Waals surface area contributed by atoms with Crippen molar-refractivity contribution in [3.05, 3.63) is 41.9 Å². The van der Waals surface area contributed by atoms with Gasteiger partial charge in [-0.1, -0.05) is 12.2 Å². The maximum Gasteiger partial charge on any atom is 0.133 e. The normalized spacial score (nSPS) is 16.5. The summed E-state index contributed by atoms with van der Waals surface area (Å²) in [5, 5.41) is 0. The Hall–Kier alpha value is -1.24. The van der Waals surface area contributed by atoms with Crippen molar-refractivity contribution in [2.24, 2.45) is 0 Å². The second kappa shape index (κ2) is 2.42. The summed E-state index contributed by atoms with van der Waals surface area (Å²) >= 11 is 0. The Morgan fingerprint density at radius 2 is 2.27 bits per heavy atom. The van der Waals surface area contributed by atoms with Gasteiger partial charge in [-0.15, -0.1) is 0 Å². The first kappa shape index (κ1) is 6.47. The molecule has 1 heteroatoms. The van der Waals surface area contributed by atoms with Crippen molar-refractivity contribution >= 4 is 5.57 Å². The molecule has 0 fully saturated rings. The zero-order chi connectivity index (χ0) is 7.68. The fraction of sp³-hybridized carbons (Fsp3) is 0.200. The van der Waals surface area contributed by atoms with E-state index in [1.807, 2.05) is 12.1 Å². The molecular weight excluding hydrogens is 136 g/mol. The Morgan fingerprint density at radius 1 is 1.36 bits per heavy atom. The van der Waals surface area contributed by atoms with Crippen molar-refractivity contribution in [2.75, 3.05) is 0 Å². The van der Waals surface area contributed by atoms with Crippen LogP contribution in [0.4, 0.5) is 0 Å². The van der Waals surface area contributed by atoms with Crippen molar-refractivity contribution in [3.8, 4) is 0 Å². The Morgan fingerprint density at radius 3 is 2.82 bits per heavy atom. The van der Waals surface area contributed by atoms with Crippen LogP contribution < -0.4 is 0 Å². The standard InChI is InChI=1S/C10H10O/c1-8-4-2-5-9(8)10-6-3-7-11-10/h3-7H,2H2,1H3. The van der Waals surface area contributed by atoms with E-state index in [9.17, 15) is 0 Å². The molecule has 0 N–H and O–H groups in total. The predicted molar refractivity (Wildman–Crippen MR) is 45.1 cm³/mol. The third-order valence-electron chi connectivity index (χ3n) is 1.96. The van der Waals surface area contributed by atoms with Gasteiger partial charge in [-0.3, -0.25) is 0 Å². The molecule has 0 bridgehead atoms. The first-order chi connectivity index (χ1) is 5.38. The first-order valence-electron chi connectivity index (χ1n) is 3.79. The zero-order valence-electron chi connectivity index (χ0n) is 6.50. The molecule has 0 aromatic carbocycles. The lowest BCUT2D eigenvalue weighted by Gasteiger charge is -1.97. The van der Waals surface area contributed by atoms with E-state index in [4.69, 9.17) is 4.42 Å². The Kier molecular flexibility index (Phi) is 1.42. The van der Waals surface area contributed by atoms with Gasteiger partial charge in [0.15, 0.2) is 0 Å². The fourth-order valence-electron chi connectivity index (χ4n) is 1.35. The number of hydrogen-bond donors (Lipinski definition) is 0. The van der Waals surface area contributed by atoms with Crippen molar-refractivity contribution in [1.82, 2.24) is 0 Å². The molecule has 1 nitrogen and oxygen atoms in total. The molecule has 0 aliphatic heterocycles. The second-order valence-electron chi connectivity index (χ2n) is 2.72. The van der Waals surface area contributed by atoms with Crippen LogP contribution in [0.5, 0.6) is 0 Å². The summed E-state index contributed by atoms with van der Waals surface area (Å²) in [6.45, 7) is 2.11. The van der Waals surface area contributed by atoms with Gasteiger partial charge in [0, 0.05) is 5.57 Å². The van der Waals surface area contributed by atoms with Crippen molar-refractivity contribution < 1.29 is 4.42 Å². The minimum absolute atomic E-state index is 0.983. The molecular formula is C10H10O. The van der Waals surface area contributed by atoms with Gasteiger partial charge >= 0.3 is 0 Å². The maximum absolute atomic E-state index is 5.28. The highest BCUT2D eigenvalue weighted by atomic mass is 16.3. The number of rotatable bonds is 1. The van der Waals surface area contributed by atoms with Crippen LogP contribution >= 0.6 is 0 Å². The summed E-state index contributed by atoms with van der Waals surface area (Å²) in [4.78, 5) is 0. The largest absolute Gasteiger partial charge is 0.464 e. The molecule has 2 rings (SSSR count). The molecule has 56 valence electrons. The van der Waals surface area contributed by atoms with Crippen LogP contribution in [0.3, 0.4) is 0 Å². The van der Waals surface area contributed by atoms with E-state index in [2.05, 4.69) is 19.1 Å². The lowest BCUT2D eigenvalue weighted by atomic mass is 10.1. The molecule has 1 aromatic rings.